The molecule has 0 atom stereocenters. The van der Waals surface area contributed by atoms with Gasteiger partial charge in [0.1, 0.15) is 10.6 Å². The number of carbonyl (C=O) groups excluding carboxylic acids is 4. The number of rotatable bonds is 5. The number of fused-ring (bicyclic) bond motifs is 2. The highest BCUT2D eigenvalue weighted by Gasteiger charge is 2.37. The van der Waals surface area contributed by atoms with Gasteiger partial charge in [0.2, 0.25) is 0 Å². The monoisotopic (exact) mass is 523 g/mol. The van der Waals surface area contributed by atoms with Crippen LogP contribution in [0.25, 0.3) is 0 Å². The van der Waals surface area contributed by atoms with Crippen molar-refractivity contribution >= 4 is 55.2 Å². The molecule has 1 aliphatic carbocycles. The number of ether oxygens (including phenoxy) is 2. The molecule has 2 aromatic rings. The lowest BCUT2D eigenvalue weighted by molar-refractivity contribution is -0.138. The molecule has 0 heterocycles. The lowest BCUT2D eigenvalue weighted by Gasteiger charge is -2.24. The predicted octanol–water partition coefficient (Wildman–Crippen LogP) is 2.11. The van der Waals surface area contributed by atoms with E-state index in [2.05, 4.69) is 30.7 Å². The molecule has 2 aromatic carbocycles. The van der Waals surface area contributed by atoms with Gasteiger partial charge in [0.05, 0.1) is 37.1 Å². The molecule has 0 radical (unpaired) electrons. The maximum Gasteiger partial charge on any atom is 0.354 e. The van der Waals surface area contributed by atoms with Gasteiger partial charge in [-0.25, -0.2) is 9.59 Å². The molecule has 166 valence electrons. The number of anilines is 1. The maximum atomic E-state index is 13.3. The Morgan fingerprint density at radius 1 is 1.03 bits per heavy atom. The standard InChI is InChI=1S/C20H14BrNO9S/c1-30-14(23)8-12(20(26)31-2)22-17-13(32(27,28)29)7-11(21)15-16(17)19(25)10-6-4-3-5-9(10)18(15)24/h3-8,22H,1-2H3,(H,27,28,29)/b12-8+. The van der Waals surface area contributed by atoms with E-state index < -0.39 is 55.5 Å². The van der Waals surface area contributed by atoms with Crippen LogP contribution >= 0.6 is 15.9 Å². The average molecular weight is 524 g/mol. The summed E-state index contributed by atoms with van der Waals surface area (Å²) in [6.45, 7) is 0. The van der Waals surface area contributed by atoms with Crippen molar-refractivity contribution in [2.75, 3.05) is 19.5 Å². The summed E-state index contributed by atoms with van der Waals surface area (Å²) in [5.41, 5.74) is -1.72. The van der Waals surface area contributed by atoms with Gasteiger partial charge in [-0.15, -0.1) is 0 Å². The second kappa shape index (κ2) is 8.65. The Kier molecular flexibility index (Phi) is 6.30. The van der Waals surface area contributed by atoms with Crippen molar-refractivity contribution in [1.29, 1.82) is 0 Å². The Hall–Kier alpha value is -3.35. The molecule has 0 saturated heterocycles. The van der Waals surface area contributed by atoms with Crippen molar-refractivity contribution in [3.05, 3.63) is 68.8 Å². The summed E-state index contributed by atoms with van der Waals surface area (Å²) in [5.74, 6) is -3.44. The van der Waals surface area contributed by atoms with E-state index in [0.29, 0.717) is 6.08 Å². The summed E-state index contributed by atoms with van der Waals surface area (Å²) >= 11 is 3.08. The molecule has 0 spiro atoms. The van der Waals surface area contributed by atoms with Crippen molar-refractivity contribution in [3.63, 3.8) is 0 Å². The minimum absolute atomic E-state index is 0.0102. The van der Waals surface area contributed by atoms with Gasteiger partial charge in [-0.05, 0) is 22.0 Å². The Morgan fingerprint density at radius 3 is 2.09 bits per heavy atom. The zero-order valence-corrected chi connectivity index (χ0v) is 18.9. The van der Waals surface area contributed by atoms with Crippen molar-refractivity contribution in [1.82, 2.24) is 0 Å². The van der Waals surface area contributed by atoms with Gasteiger partial charge in [0, 0.05) is 15.6 Å². The van der Waals surface area contributed by atoms with Crippen LogP contribution in [0.3, 0.4) is 0 Å². The van der Waals surface area contributed by atoms with Crippen LogP contribution in [0.15, 0.2) is 51.5 Å². The zero-order valence-electron chi connectivity index (χ0n) is 16.5. The highest BCUT2D eigenvalue weighted by molar-refractivity contribution is 9.10. The summed E-state index contributed by atoms with van der Waals surface area (Å²) in [6, 6.07) is 6.79. The van der Waals surface area contributed by atoms with Crippen LogP contribution in [-0.2, 0) is 29.2 Å². The van der Waals surface area contributed by atoms with Gasteiger partial charge < -0.3 is 14.8 Å². The van der Waals surface area contributed by atoms with E-state index in [1.807, 2.05) is 0 Å². The van der Waals surface area contributed by atoms with Crippen LogP contribution in [-0.4, -0.2) is 50.7 Å². The number of halogens is 1. The molecule has 1 aliphatic rings. The van der Waals surface area contributed by atoms with Gasteiger partial charge in [-0.1, -0.05) is 24.3 Å². The summed E-state index contributed by atoms with van der Waals surface area (Å²) in [5, 5.41) is 2.36. The quantitative estimate of drug-likeness (QED) is 0.288. The number of hydrogen-bond donors (Lipinski definition) is 2. The smallest absolute Gasteiger partial charge is 0.354 e. The number of hydrogen-bond acceptors (Lipinski definition) is 9. The Morgan fingerprint density at radius 2 is 1.59 bits per heavy atom. The van der Waals surface area contributed by atoms with E-state index in [0.717, 1.165) is 20.3 Å². The third-order valence-corrected chi connectivity index (χ3v) is 6.02. The number of benzene rings is 2. The van der Waals surface area contributed by atoms with E-state index in [-0.39, 0.29) is 21.2 Å². The summed E-state index contributed by atoms with van der Waals surface area (Å²) in [7, 11) is -2.93. The fourth-order valence-electron chi connectivity index (χ4n) is 3.12. The van der Waals surface area contributed by atoms with Crippen LogP contribution in [0.1, 0.15) is 31.8 Å². The Balaban J connectivity index is 2.38. The first-order valence-corrected chi connectivity index (χ1v) is 10.9. The summed E-state index contributed by atoms with van der Waals surface area (Å²) in [4.78, 5) is 49.4. The third-order valence-electron chi connectivity index (χ3n) is 4.52. The molecule has 0 unspecified atom stereocenters. The fourth-order valence-corrected chi connectivity index (χ4v) is 4.56. The number of methoxy groups -OCH3 is 2. The summed E-state index contributed by atoms with van der Waals surface area (Å²) in [6.07, 6.45) is 0.664. The zero-order chi connectivity index (χ0) is 23.8. The molecule has 10 nitrogen and oxygen atoms in total. The van der Waals surface area contributed by atoms with E-state index in [1.165, 1.54) is 18.2 Å². The Labute approximate surface area is 190 Å². The molecule has 2 N–H and O–H groups in total. The van der Waals surface area contributed by atoms with Crippen molar-refractivity contribution in [2.45, 2.75) is 4.90 Å². The third kappa shape index (κ3) is 4.07. The second-order valence-electron chi connectivity index (χ2n) is 6.36. The first-order valence-electron chi connectivity index (χ1n) is 8.68. The predicted molar refractivity (Wildman–Crippen MR) is 113 cm³/mol. The highest BCUT2D eigenvalue weighted by Crippen LogP contribution is 2.40. The molecular weight excluding hydrogens is 510 g/mol. The van der Waals surface area contributed by atoms with Crippen molar-refractivity contribution < 1.29 is 41.6 Å². The van der Waals surface area contributed by atoms with Crippen LogP contribution < -0.4 is 5.32 Å². The maximum absolute atomic E-state index is 13.3. The molecule has 32 heavy (non-hydrogen) atoms. The van der Waals surface area contributed by atoms with Crippen LogP contribution in [0.2, 0.25) is 0 Å². The molecule has 0 bridgehead atoms. The first kappa shape index (κ1) is 23.3. The number of esters is 2. The number of ketones is 2. The minimum Gasteiger partial charge on any atom is -0.466 e. The van der Waals surface area contributed by atoms with E-state index in [4.69, 9.17) is 0 Å². The largest absolute Gasteiger partial charge is 0.466 e. The lowest BCUT2D eigenvalue weighted by Crippen LogP contribution is -2.26. The molecule has 0 fully saturated rings. The van der Waals surface area contributed by atoms with E-state index >= 15 is 0 Å². The number of carbonyl (C=O) groups is 4. The van der Waals surface area contributed by atoms with Crippen LogP contribution in [0.5, 0.6) is 0 Å². The topological polar surface area (TPSA) is 153 Å². The van der Waals surface area contributed by atoms with Crippen LogP contribution in [0.4, 0.5) is 5.69 Å². The lowest BCUT2D eigenvalue weighted by atomic mass is 9.83. The summed E-state index contributed by atoms with van der Waals surface area (Å²) < 4.78 is 42.9. The van der Waals surface area contributed by atoms with Crippen molar-refractivity contribution in [3.8, 4) is 0 Å². The molecule has 3 rings (SSSR count). The Bertz CT molecular complexity index is 1330. The fraction of sp³-hybridized carbons (Fsp3) is 0.100. The molecular formula is C20H14BrNO9S. The highest BCUT2D eigenvalue weighted by atomic mass is 79.9. The molecule has 0 aliphatic heterocycles. The molecule has 12 heteroatoms. The second-order valence-corrected chi connectivity index (χ2v) is 8.60. The van der Waals surface area contributed by atoms with E-state index in [9.17, 15) is 32.1 Å². The molecule has 0 aromatic heterocycles. The van der Waals surface area contributed by atoms with Crippen molar-refractivity contribution in [2.24, 2.45) is 0 Å². The van der Waals surface area contributed by atoms with Crippen LogP contribution in [0, 0.1) is 0 Å². The van der Waals surface area contributed by atoms with Gasteiger partial charge in [0.15, 0.2) is 11.6 Å². The SMILES string of the molecule is COC(=O)/C=C(/Nc1c(S(=O)(=O)O)cc(Br)c2c1C(=O)c1ccccc1C2=O)C(=O)OC. The van der Waals surface area contributed by atoms with E-state index in [1.54, 1.807) is 6.07 Å². The molecule has 0 amide bonds. The normalized spacial score (nSPS) is 13.2. The van der Waals surface area contributed by atoms with Gasteiger partial charge >= 0.3 is 11.9 Å². The minimum atomic E-state index is -4.97. The average Bonchev–Trinajstić information content (AvgIpc) is 2.76. The number of nitrogens with one attached hydrogen (secondary N) is 1. The molecule has 0 saturated carbocycles. The van der Waals surface area contributed by atoms with Gasteiger partial charge in [-0.2, -0.15) is 8.42 Å². The van der Waals surface area contributed by atoms with Gasteiger partial charge in [-0.3, -0.25) is 14.1 Å². The first-order chi connectivity index (χ1) is 15.0. The van der Waals surface area contributed by atoms with Gasteiger partial charge in [0.25, 0.3) is 10.1 Å².